The van der Waals surface area contributed by atoms with Gasteiger partial charge in [0.2, 0.25) is 0 Å². The van der Waals surface area contributed by atoms with Crippen LogP contribution in [0.1, 0.15) is 37.3 Å². The van der Waals surface area contributed by atoms with Gasteiger partial charge in [-0.25, -0.2) is 0 Å². The molecule has 1 aromatic rings. The first-order chi connectivity index (χ1) is 8.11. The van der Waals surface area contributed by atoms with Gasteiger partial charge in [-0.2, -0.15) is 0 Å². The maximum Gasteiger partial charge on any atom is 0.138 e. The summed E-state index contributed by atoms with van der Waals surface area (Å²) in [5.41, 5.74) is 7.10. The highest BCUT2D eigenvalue weighted by Crippen LogP contribution is 2.38. The van der Waals surface area contributed by atoms with Crippen LogP contribution in [0.2, 0.25) is 10.0 Å². The third kappa shape index (κ3) is 2.87. The maximum atomic E-state index is 6.20. The lowest BCUT2D eigenvalue weighted by atomic mass is 9.80. The number of rotatable bonds is 4. The molecule has 0 spiro atoms. The van der Waals surface area contributed by atoms with Gasteiger partial charge in [-0.3, -0.25) is 0 Å². The Hall–Kier alpha value is -0.440. The van der Waals surface area contributed by atoms with Gasteiger partial charge in [0, 0.05) is 17.1 Å². The van der Waals surface area contributed by atoms with Crippen molar-refractivity contribution in [3.05, 3.63) is 27.7 Å². The van der Waals surface area contributed by atoms with E-state index in [4.69, 9.17) is 33.7 Å². The number of nitrogens with two attached hydrogens (primary N) is 1. The zero-order valence-electron chi connectivity index (χ0n) is 9.88. The highest BCUT2D eigenvalue weighted by molar-refractivity contribution is 6.34. The zero-order chi connectivity index (χ0) is 12.4. The molecule has 1 saturated carbocycles. The van der Waals surface area contributed by atoms with Crippen molar-refractivity contribution in [2.45, 2.75) is 31.7 Å². The smallest absolute Gasteiger partial charge is 0.138 e. The predicted octanol–water partition coefficient (Wildman–Crippen LogP) is 4.19. The van der Waals surface area contributed by atoms with Crippen molar-refractivity contribution in [1.82, 2.24) is 0 Å². The van der Waals surface area contributed by atoms with Gasteiger partial charge >= 0.3 is 0 Å². The van der Waals surface area contributed by atoms with Crippen LogP contribution in [0.4, 0.5) is 0 Å². The average molecular weight is 274 g/mol. The monoisotopic (exact) mass is 273 g/mol. The van der Waals surface area contributed by atoms with E-state index in [1.54, 1.807) is 13.2 Å². The van der Waals surface area contributed by atoms with Crippen LogP contribution >= 0.6 is 23.2 Å². The van der Waals surface area contributed by atoms with Gasteiger partial charge in [0.15, 0.2) is 0 Å². The molecule has 4 heteroatoms. The summed E-state index contributed by atoms with van der Waals surface area (Å²) in [6.07, 6.45) is 4.89. The Bertz CT molecular complexity index is 405. The number of halogens is 2. The van der Waals surface area contributed by atoms with Crippen LogP contribution in [0.25, 0.3) is 0 Å². The van der Waals surface area contributed by atoms with E-state index >= 15 is 0 Å². The molecule has 94 valence electrons. The van der Waals surface area contributed by atoms with Crippen molar-refractivity contribution < 1.29 is 4.74 Å². The van der Waals surface area contributed by atoms with Crippen LogP contribution in [0.5, 0.6) is 5.75 Å². The number of hydrogen-bond acceptors (Lipinski definition) is 2. The highest BCUT2D eigenvalue weighted by Gasteiger charge is 2.22. The lowest BCUT2D eigenvalue weighted by Gasteiger charge is -2.28. The average Bonchev–Trinajstić information content (AvgIpc) is 2.25. The molecule has 1 aliphatic carbocycles. The summed E-state index contributed by atoms with van der Waals surface area (Å²) < 4.78 is 5.12. The lowest BCUT2D eigenvalue weighted by Crippen LogP contribution is -2.20. The number of methoxy groups -OCH3 is 1. The van der Waals surface area contributed by atoms with Gasteiger partial charge in [-0.15, -0.1) is 0 Å². The van der Waals surface area contributed by atoms with E-state index in [-0.39, 0.29) is 6.04 Å². The van der Waals surface area contributed by atoms with Crippen molar-refractivity contribution in [3.8, 4) is 5.75 Å². The standard InChI is InChI=1S/C13H17Cl2NO/c1-17-13-7-10(14)9(6-11(13)15)12(16)5-8-3-2-4-8/h6-8,12H,2-5,16H2,1H3. The second kappa shape index (κ2) is 5.47. The molecule has 0 aromatic heterocycles. The second-order valence-electron chi connectivity index (χ2n) is 4.65. The molecule has 2 rings (SSSR count). The van der Waals surface area contributed by atoms with Crippen molar-refractivity contribution in [2.24, 2.45) is 11.7 Å². The topological polar surface area (TPSA) is 35.2 Å². The minimum absolute atomic E-state index is 0.0313. The molecule has 0 bridgehead atoms. The molecule has 17 heavy (non-hydrogen) atoms. The summed E-state index contributed by atoms with van der Waals surface area (Å²) in [6, 6.07) is 3.53. The molecule has 2 N–H and O–H groups in total. The first-order valence-electron chi connectivity index (χ1n) is 5.90. The Morgan fingerprint density at radius 1 is 1.35 bits per heavy atom. The van der Waals surface area contributed by atoms with E-state index in [0.29, 0.717) is 15.8 Å². The number of ether oxygens (including phenoxy) is 1. The highest BCUT2D eigenvalue weighted by atomic mass is 35.5. The molecular formula is C13H17Cl2NO. The molecule has 1 aliphatic rings. The molecule has 0 amide bonds. The minimum Gasteiger partial charge on any atom is -0.495 e. The zero-order valence-corrected chi connectivity index (χ0v) is 11.4. The first kappa shape index (κ1) is 13.0. The molecule has 1 fully saturated rings. The SMILES string of the molecule is COc1cc(Cl)c(C(N)CC2CCC2)cc1Cl. The van der Waals surface area contributed by atoms with Gasteiger partial charge in [0.25, 0.3) is 0 Å². The van der Waals surface area contributed by atoms with E-state index in [1.807, 2.05) is 6.07 Å². The second-order valence-corrected chi connectivity index (χ2v) is 5.46. The summed E-state index contributed by atoms with van der Waals surface area (Å²) in [7, 11) is 1.57. The Morgan fingerprint density at radius 2 is 2.06 bits per heavy atom. The molecule has 0 saturated heterocycles. The fourth-order valence-electron chi connectivity index (χ4n) is 2.20. The third-order valence-corrected chi connectivity index (χ3v) is 4.11. The van der Waals surface area contributed by atoms with Crippen molar-refractivity contribution in [1.29, 1.82) is 0 Å². The van der Waals surface area contributed by atoms with Gasteiger partial charge in [-0.1, -0.05) is 42.5 Å². The Kier molecular flexibility index (Phi) is 4.18. The first-order valence-corrected chi connectivity index (χ1v) is 6.66. The Morgan fingerprint density at radius 3 is 2.59 bits per heavy atom. The maximum absolute atomic E-state index is 6.20. The molecule has 1 atom stereocenters. The number of benzene rings is 1. The Labute approximate surface area is 112 Å². The normalized spacial score (nSPS) is 17.6. The fraction of sp³-hybridized carbons (Fsp3) is 0.538. The summed E-state index contributed by atoms with van der Waals surface area (Å²) in [6.45, 7) is 0. The number of hydrogen-bond donors (Lipinski definition) is 1. The van der Waals surface area contributed by atoms with Crippen molar-refractivity contribution in [2.75, 3.05) is 7.11 Å². The van der Waals surface area contributed by atoms with E-state index in [1.165, 1.54) is 19.3 Å². The van der Waals surface area contributed by atoms with Crippen molar-refractivity contribution >= 4 is 23.2 Å². The lowest BCUT2D eigenvalue weighted by molar-refractivity contribution is 0.277. The van der Waals surface area contributed by atoms with Gasteiger partial charge in [-0.05, 0) is 24.0 Å². The predicted molar refractivity (Wildman–Crippen MR) is 71.9 cm³/mol. The molecule has 0 radical (unpaired) electrons. The van der Waals surface area contributed by atoms with E-state index in [9.17, 15) is 0 Å². The quantitative estimate of drug-likeness (QED) is 0.893. The van der Waals surface area contributed by atoms with E-state index in [2.05, 4.69) is 0 Å². The van der Waals surface area contributed by atoms with E-state index in [0.717, 1.165) is 17.9 Å². The molecule has 1 unspecified atom stereocenters. The molecule has 0 aliphatic heterocycles. The van der Waals surface area contributed by atoms with Gasteiger partial charge in [0.05, 0.1) is 12.1 Å². The van der Waals surface area contributed by atoms with Crippen LogP contribution in [-0.2, 0) is 0 Å². The minimum atomic E-state index is -0.0313. The summed E-state index contributed by atoms with van der Waals surface area (Å²) in [5, 5.41) is 1.20. The van der Waals surface area contributed by atoms with E-state index < -0.39 is 0 Å². The Balaban J connectivity index is 2.16. The summed E-state index contributed by atoms with van der Waals surface area (Å²) in [4.78, 5) is 0. The van der Waals surface area contributed by atoms with Crippen LogP contribution in [-0.4, -0.2) is 7.11 Å². The molecule has 0 heterocycles. The molecular weight excluding hydrogens is 257 g/mol. The fourth-order valence-corrected chi connectivity index (χ4v) is 2.74. The molecule has 2 nitrogen and oxygen atoms in total. The van der Waals surface area contributed by atoms with Gasteiger partial charge < -0.3 is 10.5 Å². The van der Waals surface area contributed by atoms with Crippen LogP contribution in [0, 0.1) is 5.92 Å². The van der Waals surface area contributed by atoms with Gasteiger partial charge in [0.1, 0.15) is 5.75 Å². The van der Waals surface area contributed by atoms with Crippen LogP contribution in [0.3, 0.4) is 0 Å². The third-order valence-electron chi connectivity index (χ3n) is 3.48. The van der Waals surface area contributed by atoms with Crippen LogP contribution in [0.15, 0.2) is 12.1 Å². The molecule has 1 aromatic carbocycles. The summed E-state index contributed by atoms with van der Waals surface area (Å²) in [5.74, 6) is 1.35. The van der Waals surface area contributed by atoms with Crippen LogP contribution < -0.4 is 10.5 Å². The summed E-state index contributed by atoms with van der Waals surface area (Å²) >= 11 is 12.3. The van der Waals surface area contributed by atoms with Crippen molar-refractivity contribution in [3.63, 3.8) is 0 Å². The largest absolute Gasteiger partial charge is 0.495 e.